The topological polar surface area (TPSA) is 3.24 Å². The van der Waals surface area contributed by atoms with E-state index in [1.807, 2.05) is 0 Å². The zero-order valence-corrected chi connectivity index (χ0v) is 21.9. The van der Waals surface area contributed by atoms with Crippen LogP contribution in [-0.2, 0) is 20.0 Å². The fourth-order valence-electron chi connectivity index (χ4n) is 8.01. The monoisotopic (exact) mass is 520 g/mol. The van der Waals surface area contributed by atoms with Crippen LogP contribution >= 0.6 is 9.19 Å². The summed E-state index contributed by atoms with van der Waals surface area (Å²) in [6.45, 7) is 17.3. The van der Waals surface area contributed by atoms with Gasteiger partial charge in [0.1, 0.15) is 0 Å². The second-order valence-electron chi connectivity index (χ2n) is 12.0. The molecule has 172 valence electrons. The van der Waals surface area contributed by atoms with Crippen LogP contribution in [0.1, 0.15) is 103 Å². The third-order valence-electron chi connectivity index (χ3n) is 9.00. The van der Waals surface area contributed by atoms with E-state index in [0.29, 0.717) is 17.3 Å². The van der Waals surface area contributed by atoms with Crippen molar-refractivity contribution >= 4 is 14.9 Å². The van der Waals surface area contributed by atoms with E-state index in [1.165, 1.54) is 43.2 Å². The Balaban J connectivity index is 0.00000106. The summed E-state index contributed by atoms with van der Waals surface area (Å²) in [6.07, 6.45) is 8.95. The van der Waals surface area contributed by atoms with Gasteiger partial charge in [-0.15, -0.1) is 5.41 Å². The molecule has 6 rings (SSSR count). The Bertz CT molecular complexity index is 714. The molecule has 1 aromatic rings. The van der Waals surface area contributed by atoms with Gasteiger partial charge in [-0.25, -0.2) is 6.54 Å². The molecule has 5 aliphatic rings. The molecule has 1 heterocycles. The average Bonchev–Trinajstić information content (AvgIpc) is 2.98. The number of halogens is 1. The molecule has 1 aliphatic heterocycles. The molecule has 4 saturated carbocycles. The van der Waals surface area contributed by atoms with E-state index >= 15 is 0 Å². The number of rotatable bonds is 3. The van der Waals surface area contributed by atoms with Crippen molar-refractivity contribution in [3.8, 4) is 0 Å². The van der Waals surface area contributed by atoms with Crippen molar-refractivity contribution < 1.29 is 20.0 Å². The summed E-state index contributed by atoms with van der Waals surface area (Å²) in [5.41, 5.74) is 5.30. The Hall–Kier alpha value is 0.0503. The Morgan fingerprint density at radius 3 is 1.80 bits per heavy atom. The summed E-state index contributed by atoms with van der Waals surface area (Å²) in [7, 11) is 4.45. The van der Waals surface area contributed by atoms with Gasteiger partial charge in [-0.3, -0.25) is 0 Å². The van der Waals surface area contributed by atoms with Crippen molar-refractivity contribution in [3.63, 3.8) is 0 Å². The summed E-state index contributed by atoms with van der Waals surface area (Å²) < 4.78 is 0. The second-order valence-corrected chi connectivity index (χ2v) is 12.0. The van der Waals surface area contributed by atoms with E-state index in [1.54, 1.807) is 12.1 Å². The van der Waals surface area contributed by atoms with Crippen molar-refractivity contribution in [1.29, 1.82) is 0 Å². The third-order valence-corrected chi connectivity index (χ3v) is 9.00. The number of hydrogen-bond acceptors (Lipinski definition) is 1. The van der Waals surface area contributed by atoms with Gasteiger partial charge in [0.25, 0.3) is 0 Å². The summed E-state index contributed by atoms with van der Waals surface area (Å²) in [5.74, 6) is 5.12. The summed E-state index contributed by atoms with van der Waals surface area (Å²) >= 11 is 2.42. The molecule has 4 bridgehead atoms. The van der Waals surface area contributed by atoms with Gasteiger partial charge in [-0.2, -0.15) is 0 Å². The average molecular weight is 522 g/mol. The molecule has 4 aliphatic carbocycles. The number of hydrogen-bond donors (Lipinski definition) is 0. The first kappa shape index (κ1) is 23.2. The molecule has 1 nitrogen and oxygen atoms in total. The first-order chi connectivity index (χ1) is 14.2. The zero-order chi connectivity index (χ0) is 21.8. The Kier molecular flexibility index (Phi) is 6.53. The van der Waals surface area contributed by atoms with Gasteiger partial charge < -0.3 is 4.90 Å². The number of nitrogens with zero attached hydrogens (tertiary/aromatic N) is 1. The zero-order valence-electron chi connectivity index (χ0n) is 19.6. The van der Waals surface area contributed by atoms with Crippen molar-refractivity contribution in [2.24, 2.45) is 29.1 Å². The summed E-state index contributed by atoms with van der Waals surface area (Å²) in [6, 6.07) is 7.06. The molecule has 0 atom stereocenters. The van der Waals surface area contributed by atoms with Crippen LogP contribution in [0.2, 0.25) is 0 Å². The van der Waals surface area contributed by atoms with Crippen LogP contribution in [0.15, 0.2) is 18.2 Å². The van der Waals surface area contributed by atoms with Gasteiger partial charge in [-0.05, 0) is 80.8 Å². The minimum atomic E-state index is 0.212. The quantitative estimate of drug-likeness (QED) is 0.286. The standard InChI is InChI=1S/C27H40N.Ag.ClH/c1-17(2)23-8-7-9-24(18(3)4)25(23)28-16-27(15-26(28,5)6)21-11-19-10-20(13-21)14-22(27)12-19;;/h7-9,16-22H,10-15H2,1-6H3;;1H/q-1;+1;/p-1. The van der Waals surface area contributed by atoms with Crippen LogP contribution in [0.5, 0.6) is 0 Å². The third kappa shape index (κ3) is 3.64. The van der Waals surface area contributed by atoms with Crippen LogP contribution in [0.25, 0.3) is 0 Å². The van der Waals surface area contributed by atoms with Gasteiger partial charge in [0.2, 0.25) is 0 Å². The van der Waals surface area contributed by atoms with Crippen LogP contribution in [0, 0.1) is 35.6 Å². The molecule has 0 amide bonds. The first-order valence-corrected chi connectivity index (χ1v) is 14.0. The van der Waals surface area contributed by atoms with Gasteiger partial charge >= 0.3 is 29.2 Å². The van der Waals surface area contributed by atoms with Gasteiger partial charge in [0.15, 0.2) is 0 Å². The van der Waals surface area contributed by atoms with E-state index in [4.69, 9.17) is 0 Å². The normalized spacial score (nSPS) is 36.0. The SMILES string of the molecule is CC(C)c1cccc(C(C)C)c1N1[CH-]C2(CC1(C)C)C1CC3CC(C1)CC2C3.[Cl][Ag]. The van der Waals surface area contributed by atoms with Crippen molar-refractivity contribution in [2.45, 2.75) is 97.4 Å². The number of para-hydroxylation sites is 1. The molecular formula is C27H40AgClN-. The maximum atomic E-state index is 4.45. The molecule has 0 aromatic heterocycles. The van der Waals surface area contributed by atoms with E-state index in [2.05, 4.69) is 100 Å². The maximum absolute atomic E-state index is 4.45. The van der Waals surface area contributed by atoms with E-state index in [9.17, 15) is 0 Å². The minimum absolute atomic E-state index is 0.212. The molecule has 1 saturated heterocycles. The van der Waals surface area contributed by atoms with Gasteiger partial charge in [-0.1, -0.05) is 64.2 Å². The Morgan fingerprint density at radius 1 is 0.900 bits per heavy atom. The first-order valence-electron chi connectivity index (χ1n) is 12.1. The molecule has 3 heteroatoms. The molecule has 5 fully saturated rings. The number of benzene rings is 1. The van der Waals surface area contributed by atoms with Crippen LogP contribution in [-0.4, -0.2) is 5.54 Å². The predicted octanol–water partition coefficient (Wildman–Crippen LogP) is 8.21. The predicted molar refractivity (Wildman–Crippen MR) is 125 cm³/mol. The number of anilines is 1. The second kappa shape index (κ2) is 8.44. The van der Waals surface area contributed by atoms with Crippen molar-refractivity contribution in [3.05, 3.63) is 35.9 Å². The van der Waals surface area contributed by atoms with Crippen LogP contribution in [0.3, 0.4) is 0 Å². The summed E-state index contributed by atoms with van der Waals surface area (Å²) in [4.78, 5) is 2.78. The van der Waals surface area contributed by atoms with Crippen LogP contribution < -0.4 is 4.90 Å². The molecule has 0 N–H and O–H groups in total. The van der Waals surface area contributed by atoms with Gasteiger partial charge in [0, 0.05) is 11.2 Å². The Morgan fingerprint density at radius 2 is 1.37 bits per heavy atom. The van der Waals surface area contributed by atoms with Crippen LogP contribution in [0.4, 0.5) is 5.69 Å². The fourth-order valence-corrected chi connectivity index (χ4v) is 8.01. The van der Waals surface area contributed by atoms with Crippen molar-refractivity contribution in [1.82, 2.24) is 0 Å². The molecule has 1 aromatic carbocycles. The van der Waals surface area contributed by atoms with E-state index < -0.39 is 0 Å². The van der Waals surface area contributed by atoms with Crippen molar-refractivity contribution in [2.75, 3.05) is 4.90 Å². The molecule has 30 heavy (non-hydrogen) atoms. The Labute approximate surface area is 201 Å². The van der Waals surface area contributed by atoms with E-state index in [0.717, 1.165) is 23.7 Å². The molecular weight excluding hydrogens is 482 g/mol. The van der Waals surface area contributed by atoms with E-state index in [-0.39, 0.29) is 5.54 Å². The summed E-state index contributed by atoms with van der Waals surface area (Å²) in [5, 5.41) is 0. The fraction of sp³-hybridized carbons (Fsp3) is 0.741. The molecule has 1 spiro atoms. The molecule has 0 radical (unpaired) electrons. The van der Waals surface area contributed by atoms with Gasteiger partial charge in [0.05, 0.1) is 0 Å². The molecule has 0 unspecified atom stereocenters.